The van der Waals surface area contributed by atoms with E-state index in [0.29, 0.717) is 13.1 Å². The van der Waals surface area contributed by atoms with Crippen LogP contribution in [0.4, 0.5) is 10.5 Å². The molecule has 4 rings (SSSR count). The van der Waals surface area contributed by atoms with Gasteiger partial charge < -0.3 is 20.5 Å². The number of rotatable bonds is 2. The van der Waals surface area contributed by atoms with Crippen molar-refractivity contribution >= 4 is 22.7 Å². The fourth-order valence-electron chi connectivity index (χ4n) is 4.01. The van der Waals surface area contributed by atoms with Gasteiger partial charge in [0.05, 0.1) is 11.7 Å². The first-order chi connectivity index (χ1) is 12.1. The Bertz CT molecular complexity index is 774. The van der Waals surface area contributed by atoms with Crippen molar-refractivity contribution in [3.8, 4) is 0 Å². The second-order valence-corrected chi connectivity index (χ2v) is 6.99. The number of fused-ring (bicyclic) bond motifs is 1. The third kappa shape index (κ3) is 3.04. The van der Waals surface area contributed by atoms with E-state index in [4.69, 9.17) is 15.6 Å². The van der Waals surface area contributed by atoms with Crippen LogP contribution in [0.3, 0.4) is 0 Å². The van der Waals surface area contributed by atoms with Gasteiger partial charge in [-0.3, -0.25) is 0 Å². The van der Waals surface area contributed by atoms with Crippen molar-refractivity contribution in [3.05, 3.63) is 23.9 Å². The summed E-state index contributed by atoms with van der Waals surface area (Å²) in [5.41, 5.74) is 9.23. The van der Waals surface area contributed by atoms with Gasteiger partial charge in [0.1, 0.15) is 0 Å². The first kappa shape index (κ1) is 16.2. The highest BCUT2D eigenvalue weighted by molar-refractivity contribution is 5.84. The van der Waals surface area contributed by atoms with Crippen molar-refractivity contribution in [2.24, 2.45) is 0 Å². The van der Waals surface area contributed by atoms with Gasteiger partial charge in [-0.15, -0.1) is 0 Å². The molecule has 0 radical (unpaired) electrons. The maximum absolute atomic E-state index is 11.1. The van der Waals surface area contributed by atoms with E-state index >= 15 is 0 Å². The molecule has 134 valence electrons. The van der Waals surface area contributed by atoms with Crippen LogP contribution in [0.1, 0.15) is 49.8 Å². The monoisotopic (exact) mass is 344 g/mol. The molecule has 1 atom stereocenters. The Morgan fingerprint density at radius 2 is 2.04 bits per heavy atom. The Balaban J connectivity index is 1.63. The summed E-state index contributed by atoms with van der Waals surface area (Å²) in [6.45, 7) is 1.90. The number of ether oxygens (including phenoxy) is 1. The zero-order chi connectivity index (χ0) is 17.4. The van der Waals surface area contributed by atoms with Gasteiger partial charge in [0.15, 0.2) is 6.23 Å². The molecular formula is C18H24N4O3. The molecule has 2 fully saturated rings. The molecule has 1 aromatic carbocycles. The van der Waals surface area contributed by atoms with E-state index in [1.165, 1.54) is 4.90 Å². The van der Waals surface area contributed by atoms with Gasteiger partial charge >= 0.3 is 6.09 Å². The molecule has 25 heavy (non-hydrogen) atoms. The van der Waals surface area contributed by atoms with Gasteiger partial charge in [-0.1, -0.05) is 0 Å². The second kappa shape index (κ2) is 6.55. The summed E-state index contributed by atoms with van der Waals surface area (Å²) in [7, 11) is 0. The molecule has 7 nitrogen and oxygen atoms in total. The molecule has 0 spiro atoms. The highest BCUT2D eigenvalue weighted by Crippen LogP contribution is 2.35. The summed E-state index contributed by atoms with van der Waals surface area (Å²) < 4.78 is 7.86. The Labute approximate surface area is 146 Å². The topological polar surface area (TPSA) is 93.6 Å². The van der Waals surface area contributed by atoms with Crippen LogP contribution < -0.4 is 5.73 Å². The predicted octanol–water partition coefficient (Wildman–Crippen LogP) is 3.18. The SMILES string of the molecule is Nc1cc2cnn(C3CCCCO3)c2cc1C1CCN(C(=O)O)CC1. The Kier molecular flexibility index (Phi) is 4.25. The summed E-state index contributed by atoms with van der Waals surface area (Å²) in [6, 6.07) is 4.12. The number of piperidine rings is 1. The highest BCUT2D eigenvalue weighted by Gasteiger charge is 2.26. The van der Waals surface area contributed by atoms with Crippen LogP contribution >= 0.6 is 0 Å². The summed E-state index contributed by atoms with van der Waals surface area (Å²) in [6.07, 6.45) is 5.85. The first-order valence-electron chi connectivity index (χ1n) is 8.99. The Hall–Kier alpha value is -2.28. The van der Waals surface area contributed by atoms with Crippen LogP contribution in [0.25, 0.3) is 10.9 Å². The fraction of sp³-hybridized carbons (Fsp3) is 0.556. The van der Waals surface area contributed by atoms with E-state index in [2.05, 4.69) is 11.2 Å². The maximum atomic E-state index is 11.1. The van der Waals surface area contributed by atoms with Crippen LogP contribution in [0.15, 0.2) is 18.3 Å². The average Bonchev–Trinajstić information content (AvgIpc) is 3.04. The van der Waals surface area contributed by atoms with Crippen molar-refractivity contribution in [1.29, 1.82) is 0 Å². The molecule has 2 aliphatic rings. The molecule has 1 unspecified atom stereocenters. The molecule has 1 aromatic heterocycles. The summed E-state index contributed by atoms with van der Waals surface area (Å²) >= 11 is 0. The first-order valence-corrected chi connectivity index (χ1v) is 8.99. The summed E-state index contributed by atoms with van der Waals surface area (Å²) in [5, 5.41) is 14.7. The molecule has 1 amide bonds. The molecule has 0 aliphatic carbocycles. The number of nitrogen functional groups attached to an aromatic ring is 1. The van der Waals surface area contributed by atoms with Crippen LogP contribution in [0.2, 0.25) is 0 Å². The Morgan fingerprint density at radius 3 is 2.72 bits per heavy atom. The van der Waals surface area contributed by atoms with Gasteiger partial charge in [0.25, 0.3) is 0 Å². The standard InChI is InChI=1S/C18H24N4O3/c19-15-9-13-11-20-22(17-3-1-2-8-25-17)16(13)10-14(15)12-4-6-21(7-5-12)18(23)24/h9-12,17H,1-8,19H2,(H,23,24). The van der Waals surface area contributed by atoms with Crippen LogP contribution in [-0.4, -0.2) is 45.6 Å². The van der Waals surface area contributed by atoms with E-state index in [1.807, 2.05) is 16.9 Å². The molecule has 2 aromatic rings. The minimum absolute atomic E-state index is 0.00316. The van der Waals surface area contributed by atoms with E-state index in [0.717, 1.165) is 60.9 Å². The average molecular weight is 344 g/mol. The molecule has 7 heteroatoms. The number of likely N-dealkylation sites (tertiary alicyclic amines) is 1. The number of aromatic nitrogens is 2. The molecule has 3 N–H and O–H groups in total. The molecular weight excluding hydrogens is 320 g/mol. The van der Waals surface area contributed by atoms with Crippen molar-refractivity contribution in [2.45, 2.75) is 44.2 Å². The van der Waals surface area contributed by atoms with E-state index in [9.17, 15) is 4.79 Å². The third-order valence-corrected chi connectivity index (χ3v) is 5.43. The molecule has 2 saturated heterocycles. The van der Waals surface area contributed by atoms with Gasteiger partial charge in [-0.2, -0.15) is 5.10 Å². The lowest BCUT2D eigenvalue weighted by atomic mass is 9.88. The van der Waals surface area contributed by atoms with E-state index < -0.39 is 6.09 Å². The minimum Gasteiger partial charge on any atom is -0.465 e. The minimum atomic E-state index is -0.839. The summed E-state index contributed by atoms with van der Waals surface area (Å²) in [5.74, 6) is 0.288. The smallest absolute Gasteiger partial charge is 0.407 e. The largest absolute Gasteiger partial charge is 0.465 e. The number of carbonyl (C=O) groups is 1. The van der Waals surface area contributed by atoms with Gasteiger partial charge in [-0.05, 0) is 55.7 Å². The second-order valence-electron chi connectivity index (χ2n) is 6.99. The number of nitrogens with zero attached hydrogens (tertiary/aromatic N) is 3. The quantitative estimate of drug-likeness (QED) is 0.816. The number of hydrogen-bond acceptors (Lipinski definition) is 4. The lowest BCUT2D eigenvalue weighted by Crippen LogP contribution is -2.36. The maximum Gasteiger partial charge on any atom is 0.407 e. The van der Waals surface area contributed by atoms with Crippen LogP contribution in [-0.2, 0) is 4.74 Å². The number of anilines is 1. The van der Waals surface area contributed by atoms with Crippen molar-refractivity contribution < 1.29 is 14.6 Å². The van der Waals surface area contributed by atoms with Crippen LogP contribution in [0, 0.1) is 0 Å². The van der Waals surface area contributed by atoms with Gasteiger partial charge in [0.2, 0.25) is 0 Å². The van der Waals surface area contributed by atoms with Crippen molar-refractivity contribution in [2.75, 3.05) is 25.4 Å². The lowest BCUT2D eigenvalue weighted by Gasteiger charge is -2.31. The molecule has 2 aliphatic heterocycles. The summed E-state index contributed by atoms with van der Waals surface area (Å²) in [4.78, 5) is 12.6. The van der Waals surface area contributed by atoms with Gasteiger partial charge in [-0.25, -0.2) is 9.48 Å². The zero-order valence-corrected chi connectivity index (χ0v) is 14.2. The van der Waals surface area contributed by atoms with E-state index in [-0.39, 0.29) is 12.1 Å². The number of benzene rings is 1. The number of hydrogen-bond donors (Lipinski definition) is 2. The van der Waals surface area contributed by atoms with Crippen molar-refractivity contribution in [1.82, 2.24) is 14.7 Å². The van der Waals surface area contributed by atoms with E-state index in [1.54, 1.807) is 0 Å². The Morgan fingerprint density at radius 1 is 1.24 bits per heavy atom. The highest BCUT2D eigenvalue weighted by atomic mass is 16.5. The molecule has 0 saturated carbocycles. The van der Waals surface area contributed by atoms with Crippen LogP contribution in [0.5, 0.6) is 0 Å². The fourth-order valence-corrected chi connectivity index (χ4v) is 4.01. The number of nitrogens with two attached hydrogens (primary N) is 1. The zero-order valence-electron chi connectivity index (χ0n) is 14.2. The van der Waals surface area contributed by atoms with Gasteiger partial charge in [0, 0.05) is 30.8 Å². The number of carboxylic acid groups (broad SMARTS) is 1. The normalized spacial score (nSPS) is 22.4. The molecule has 0 bridgehead atoms. The lowest BCUT2D eigenvalue weighted by molar-refractivity contribution is -0.0366. The predicted molar refractivity (Wildman–Crippen MR) is 94.6 cm³/mol. The molecule has 3 heterocycles. The van der Waals surface area contributed by atoms with Crippen molar-refractivity contribution in [3.63, 3.8) is 0 Å². The number of amides is 1. The third-order valence-electron chi connectivity index (χ3n) is 5.43.